The standard InChI is InChI=1S/C11H14FN5O3/c1-13-10(19)17-16-9(18)6-14-11(20)15-8-4-2-7(12)3-5-8/h2-5H,6H2,1H3,(H,16,18)(H2,13,17,19)(H2,14,15,20). The van der Waals surface area contributed by atoms with Crippen molar-refractivity contribution in [2.45, 2.75) is 0 Å². The number of urea groups is 2. The van der Waals surface area contributed by atoms with Gasteiger partial charge in [0, 0.05) is 12.7 Å². The highest BCUT2D eigenvalue weighted by Gasteiger charge is 2.06. The average Bonchev–Trinajstić information content (AvgIpc) is 2.45. The van der Waals surface area contributed by atoms with Crippen LogP contribution in [0.25, 0.3) is 0 Å². The van der Waals surface area contributed by atoms with Crippen LogP contribution in [0.15, 0.2) is 24.3 Å². The number of carbonyl (C=O) groups excluding carboxylic acids is 3. The Hall–Kier alpha value is -2.84. The van der Waals surface area contributed by atoms with E-state index in [0.29, 0.717) is 5.69 Å². The molecule has 0 radical (unpaired) electrons. The fourth-order valence-corrected chi connectivity index (χ4v) is 1.10. The first-order chi connectivity index (χ1) is 9.51. The second-order valence-corrected chi connectivity index (χ2v) is 3.57. The highest BCUT2D eigenvalue weighted by atomic mass is 19.1. The lowest BCUT2D eigenvalue weighted by Gasteiger charge is -2.09. The van der Waals surface area contributed by atoms with E-state index in [4.69, 9.17) is 0 Å². The zero-order chi connectivity index (χ0) is 15.0. The molecular weight excluding hydrogens is 269 g/mol. The van der Waals surface area contributed by atoms with Gasteiger partial charge in [-0.1, -0.05) is 0 Å². The fraction of sp³-hybridized carbons (Fsp3) is 0.182. The Morgan fingerprint density at radius 3 is 2.30 bits per heavy atom. The van der Waals surface area contributed by atoms with Gasteiger partial charge in [-0.05, 0) is 24.3 Å². The summed E-state index contributed by atoms with van der Waals surface area (Å²) in [6.45, 7) is -0.336. The Balaban J connectivity index is 2.27. The van der Waals surface area contributed by atoms with E-state index < -0.39 is 23.8 Å². The van der Waals surface area contributed by atoms with E-state index in [9.17, 15) is 18.8 Å². The van der Waals surface area contributed by atoms with Gasteiger partial charge in [-0.15, -0.1) is 0 Å². The summed E-state index contributed by atoms with van der Waals surface area (Å²) >= 11 is 0. The molecule has 0 aliphatic rings. The highest BCUT2D eigenvalue weighted by molar-refractivity contribution is 5.92. The summed E-state index contributed by atoms with van der Waals surface area (Å²) in [6, 6.07) is 3.91. The SMILES string of the molecule is CNC(=O)NNC(=O)CNC(=O)Nc1ccc(F)cc1. The van der Waals surface area contributed by atoms with Crippen molar-refractivity contribution < 1.29 is 18.8 Å². The van der Waals surface area contributed by atoms with E-state index in [-0.39, 0.29) is 6.54 Å². The fourth-order valence-electron chi connectivity index (χ4n) is 1.10. The molecule has 8 nitrogen and oxygen atoms in total. The van der Waals surface area contributed by atoms with Crippen molar-refractivity contribution in [1.82, 2.24) is 21.5 Å². The smallest absolute Gasteiger partial charge is 0.333 e. The number of hydrazine groups is 1. The van der Waals surface area contributed by atoms with Crippen LogP contribution in [-0.4, -0.2) is 31.6 Å². The van der Waals surface area contributed by atoms with Gasteiger partial charge < -0.3 is 16.0 Å². The van der Waals surface area contributed by atoms with Crippen molar-refractivity contribution in [3.63, 3.8) is 0 Å². The Kier molecular flexibility index (Phi) is 5.75. The van der Waals surface area contributed by atoms with Crippen LogP contribution in [0.4, 0.5) is 19.7 Å². The molecule has 0 aromatic heterocycles. The summed E-state index contributed by atoms with van der Waals surface area (Å²) in [5.41, 5.74) is 4.50. The van der Waals surface area contributed by atoms with Gasteiger partial charge in [-0.3, -0.25) is 10.2 Å². The Morgan fingerprint density at radius 1 is 1.05 bits per heavy atom. The van der Waals surface area contributed by atoms with Crippen LogP contribution in [0.2, 0.25) is 0 Å². The van der Waals surface area contributed by atoms with Gasteiger partial charge in [-0.2, -0.15) is 0 Å². The second-order valence-electron chi connectivity index (χ2n) is 3.57. The van der Waals surface area contributed by atoms with Gasteiger partial charge >= 0.3 is 12.1 Å². The monoisotopic (exact) mass is 283 g/mol. The van der Waals surface area contributed by atoms with Gasteiger partial charge in [0.1, 0.15) is 12.4 Å². The maximum absolute atomic E-state index is 12.6. The van der Waals surface area contributed by atoms with Gasteiger partial charge in [0.2, 0.25) is 0 Å². The van der Waals surface area contributed by atoms with E-state index in [1.54, 1.807) is 0 Å². The molecule has 20 heavy (non-hydrogen) atoms. The molecule has 0 spiro atoms. The zero-order valence-electron chi connectivity index (χ0n) is 10.6. The molecule has 0 heterocycles. The first-order valence-electron chi connectivity index (χ1n) is 5.58. The topological polar surface area (TPSA) is 111 Å². The van der Waals surface area contributed by atoms with E-state index in [1.165, 1.54) is 31.3 Å². The lowest BCUT2D eigenvalue weighted by molar-refractivity contribution is -0.120. The van der Waals surface area contributed by atoms with Crippen molar-refractivity contribution in [3.8, 4) is 0 Å². The summed E-state index contributed by atoms with van der Waals surface area (Å²) < 4.78 is 12.6. The molecule has 108 valence electrons. The van der Waals surface area contributed by atoms with Crippen molar-refractivity contribution in [1.29, 1.82) is 0 Å². The molecule has 5 amide bonds. The summed E-state index contributed by atoms with van der Waals surface area (Å²) in [4.78, 5) is 33.4. The lowest BCUT2D eigenvalue weighted by Crippen LogP contribution is -2.49. The highest BCUT2D eigenvalue weighted by Crippen LogP contribution is 2.07. The summed E-state index contributed by atoms with van der Waals surface area (Å²) in [5.74, 6) is -1.03. The van der Waals surface area contributed by atoms with Crippen LogP contribution in [0.1, 0.15) is 0 Å². The van der Waals surface area contributed by atoms with Gasteiger partial charge in [-0.25, -0.2) is 19.4 Å². The Labute approximate surface area is 114 Å². The summed E-state index contributed by atoms with van der Waals surface area (Å²) in [5, 5.41) is 6.89. The van der Waals surface area contributed by atoms with E-state index in [2.05, 4.69) is 21.4 Å². The van der Waals surface area contributed by atoms with Crippen molar-refractivity contribution in [3.05, 3.63) is 30.1 Å². The molecule has 0 fully saturated rings. The number of carbonyl (C=O) groups is 3. The van der Waals surface area contributed by atoms with Gasteiger partial charge in [0.15, 0.2) is 0 Å². The van der Waals surface area contributed by atoms with Crippen molar-refractivity contribution in [2.75, 3.05) is 18.9 Å². The molecule has 0 unspecified atom stereocenters. The number of hydrogen-bond acceptors (Lipinski definition) is 3. The molecular formula is C11H14FN5O3. The normalized spacial score (nSPS) is 9.30. The second kappa shape index (κ2) is 7.56. The van der Waals surface area contributed by atoms with Crippen LogP contribution >= 0.6 is 0 Å². The van der Waals surface area contributed by atoms with E-state index in [1.807, 2.05) is 5.43 Å². The molecule has 5 N–H and O–H groups in total. The summed E-state index contributed by atoms with van der Waals surface area (Å²) in [6.07, 6.45) is 0. The molecule has 0 saturated heterocycles. The minimum absolute atomic E-state index is 0.336. The number of nitrogens with one attached hydrogen (secondary N) is 5. The van der Waals surface area contributed by atoms with Crippen LogP contribution in [0.3, 0.4) is 0 Å². The first-order valence-corrected chi connectivity index (χ1v) is 5.58. The molecule has 0 atom stereocenters. The number of halogens is 1. The Morgan fingerprint density at radius 2 is 1.70 bits per heavy atom. The van der Waals surface area contributed by atoms with Crippen LogP contribution in [0.5, 0.6) is 0 Å². The largest absolute Gasteiger partial charge is 0.340 e. The van der Waals surface area contributed by atoms with Gasteiger partial charge in [0.05, 0.1) is 0 Å². The zero-order valence-corrected chi connectivity index (χ0v) is 10.6. The number of anilines is 1. The molecule has 0 aliphatic heterocycles. The third-order valence-corrected chi connectivity index (χ3v) is 2.05. The predicted octanol–water partition coefficient (Wildman–Crippen LogP) is -0.0926. The van der Waals surface area contributed by atoms with Crippen LogP contribution < -0.4 is 26.8 Å². The number of benzene rings is 1. The van der Waals surface area contributed by atoms with Gasteiger partial charge in [0.25, 0.3) is 5.91 Å². The van der Waals surface area contributed by atoms with E-state index in [0.717, 1.165) is 0 Å². The Bertz CT molecular complexity index is 491. The molecule has 0 aliphatic carbocycles. The maximum Gasteiger partial charge on any atom is 0.333 e. The minimum Gasteiger partial charge on any atom is -0.340 e. The molecule has 1 aromatic carbocycles. The van der Waals surface area contributed by atoms with Crippen molar-refractivity contribution >= 4 is 23.7 Å². The molecule has 0 bridgehead atoms. The quantitative estimate of drug-likeness (QED) is 0.500. The average molecular weight is 283 g/mol. The maximum atomic E-state index is 12.6. The predicted molar refractivity (Wildman–Crippen MR) is 69.2 cm³/mol. The van der Waals surface area contributed by atoms with Crippen LogP contribution in [0, 0.1) is 5.82 Å². The van der Waals surface area contributed by atoms with Crippen LogP contribution in [-0.2, 0) is 4.79 Å². The minimum atomic E-state index is -0.633. The van der Waals surface area contributed by atoms with Crippen molar-refractivity contribution in [2.24, 2.45) is 0 Å². The molecule has 0 saturated carbocycles. The lowest BCUT2D eigenvalue weighted by atomic mass is 10.3. The number of rotatable bonds is 3. The third kappa shape index (κ3) is 5.67. The molecule has 1 rings (SSSR count). The molecule has 9 heteroatoms. The first kappa shape index (κ1) is 15.2. The number of amides is 5. The van der Waals surface area contributed by atoms with E-state index >= 15 is 0 Å². The third-order valence-electron chi connectivity index (χ3n) is 2.05. The summed E-state index contributed by atoms with van der Waals surface area (Å²) in [7, 11) is 1.38. The molecule has 1 aromatic rings. The number of hydrogen-bond donors (Lipinski definition) is 5.